The number of hydrogen-bond donors (Lipinski definition) is 1. The van der Waals surface area contributed by atoms with Gasteiger partial charge in [-0.3, -0.25) is 4.79 Å². The van der Waals surface area contributed by atoms with E-state index < -0.39 is 0 Å². The Labute approximate surface area is 68.7 Å². The topological polar surface area (TPSA) is 29.1 Å². The first-order chi connectivity index (χ1) is 5.20. The third kappa shape index (κ3) is 5.64. The Morgan fingerprint density at radius 2 is 2.36 bits per heavy atom. The van der Waals surface area contributed by atoms with Crippen LogP contribution in [0.15, 0.2) is 12.7 Å². The summed E-state index contributed by atoms with van der Waals surface area (Å²) >= 11 is 0. The van der Waals surface area contributed by atoms with E-state index >= 15 is 0 Å². The van der Waals surface area contributed by atoms with Crippen molar-refractivity contribution in [3.05, 3.63) is 12.7 Å². The van der Waals surface area contributed by atoms with E-state index in [4.69, 9.17) is 0 Å². The average Bonchev–Trinajstić information content (AvgIpc) is 2.04. The molecule has 0 rings (SSSR count). The molecule has 0 aliphatic heterocycles. The zero-order valence-electron chi connectivity index (χ0n) is 7.39. The monoisotopic (exact) mass is 155 g/mol. The maximum atomic E-state index is 10.7. The molecule has 0 unspecified atom stereocenters. The highest BCUT2D eigenvalue weighted by Gasteiger charge is 1.97. The molecule has 0 fully saturated rings. The quantitative estimate of drug-likeness (QED) is 0.602. The van der Waals surface area contributed by atoms with Crippen molar-refractivity contribution in [2.75, 3.05) is 6.54 Å². The van der Waals surface area contributed by atoms with E-state index in [1.54, 1.807) is 0 Å². The Morgan fingerprint density at radius 3 is 2.82 bits per heavy atom. The van der Waals surface area contributed by atoms with E-state index in [9.17, 15) is 4.79 Å². The Kier molecular flexibility index (Phi) is 5.53. The van der Waals surface area contributed by atoms with Gasteiger partial charge in [-0.05, 0) is 12.3 Å². The lowest BCUT2D eigenvalue weighted by Gasteiger charge is -2.05. The number of hydrogen-bond acceptors (Lipinski definition) is 1. The number of allylic oxidation sites excluding steroid dienone is 1. The van der Waals surface area contributed by atoms with Crippen LogP contribution in [0.2, 0.25) is 0 Å². The predicted molar refractivity (Wildman–Crippen MR) is 47.3 cm³/mol. The molecular weight excluding hydrogens is 138 g/mol. The van der Waals surface area contributed by atoms with Crippen LogP contribution in [0.25, 0.3) is 0 Å². The fourth-order valence-electron chi connectivity index (χ4n) is 0.682. The minimum Gasteiger partial charge on any atom is -0.356 e. The molecule has 2 heteroatoms. The first-order valence-electron chi connectivity index (χ1n) is 4.10. The number of amides is 1. The van der Waals surface area contributed by atoms with Gasteiger partial charge in [-0.2, -0.15) is 0 Å². The second-order valence-corrected chi connectivity index (χ2v) is 2.71. The molecule has 0 aromatic heterocycles. The molecule has 0 saturated heterocycles. The molecule has 0 radical (unpaired) electrons. The number of carbonyl (C=O) groups excluding carboxylic acids is 1. The normalized spacial score (nSPS) is 12.2. The lowest BCUT2D eigenvalue weighted by Crippen LogP contribution is -2.24. The van der Waals surface area contributed by atoms with Crippen molar-refractivity contribution in [2.24, 2.45) is 5.92 Å². The summed E-state index contributed by atoms with van der Waals surface area (Å²) in [7, 11) is 0. The average molecular weight is 155 g/mol. The van der Waals surface area contributed by atoms with Gasteiger partial charge in [0.15, 0.2) is 0 Å². The van der Waals surface area contributed by atoms with Crippen LogP contribution in [0.5, 0.6) is 0 Å². The van der Waals surface area contributed by atoms with Crippen molar-refractivity contribution in [1.82, 2.24) is 5.32 Å². The van der Waals surface area contributed by atoms with E-state index in [1.807, 2.05) is 13.0 Å². The summed E-state index contributed by atoms with van der Waals surface area (Å²) in [5.74, 6) is 0.619. The zero-order valence-corrected chi connectivity index (χ0v) is 7.39. The maximum absolute atomic E-state index is 10.7. The minimum atomic E-state index is 0.126. The van der Waals surface area contributed by atoms with E-state index in [-0.39, 0.29) is 5.91 Å². The predicted octanol–water partition coefficient (Wildman–Crippen LogP) is 1.72. The molecule has 1 N–H and O–H groups in total. The number of rotatable bonds is 5. The van der Waals surface area contributed by atoms with Gasteiger partial charge in [-0.25, -0.2) is 0 Å². The Bertz CT molecular complexity index is 132. The Hall–Kier alpha value is -0.790. The molecule has 1 atom stereocenters. The summed E-state index contributed by atoms with van der Waals surface area (Å²) < 4.78 is 0. The molecule has 0 spiro atoms. The van der Waals surface area contributed by atoms with Gasteiger partial charge in [0.05, 0.1) is 0 Å². The van der Waals surface area contributed by atoms with Crippen LogP contribution in [0.4, 0.5) is 0 Å². The molecule has 2 nitrogen and oxygen atoms in total. The smallest absolute Gasteiger partial charge is 0.219 e. The lowest BCUT2D eigenvalue weighted by molar-refractivity contribution is -0.120. The molecule has 0 aliphatic carbocycles. The molecule has 0 saturated carbocycles. The summed E-state index contributed by atoms with van der Waals surface area (Å²) in [6.07, 6.45) is 3.45. The molecule has 64 valence electrons. The molecule has 0 aromatic carbocycles. The van der Waals surface area contributed by atoms with E-state index in [0.29, 0.717) is 12.3 Å². The van der Waals surface area contributed by atoms with Crippen LogP contribution in [0, 0.1) is 5.92 Å². The van der Waals surface area contributed by atoms with Crippen LogP contribution in [0.1, 0.15) is 26.7 Å². The summed E-state index contributed by atoms with van der Waals surface area (Å²) in [6, 6.07) is 0. The minimum absolute atomic E-state index is 0.126. The van der Waals surface area contributed by atoms with Crippen molar-refractivity contribution in [3.63, 3.8) is 0 Å². The van der Waals surface area contributed by atoms with Gasteiger partial charge in [0, 0.05) is 13.0 Å². The fourth-order valence-corrected chi connectivity index (χ4v) is 0.682. The van der Waals surface area contributed by atoms with Crippen LogP contribution < -0.4 is 5.32 Å². The van der Waals surface area contributed by atoms with Crippen molar-refractivity contribution < 1.29 is 4.79 Å². The van der Waals surface area contributed by atoms with Gasteiger partial charge in [0.25, 0.3) is 0 Å². The van der Waals surface area contributed by atoms with Gasteiger partial charge in [-0.1, -0.05) is 19.9 Å². The first kappa shape index (κ1) is 10.2. The second-order valence-electron chi connectivity index (χ2n) is 2.71. The second kappa shape index (κ2) is 5.96. The highest BCUT2D eigenvalue weighted by Crippen LogP contribution is 1.99. The van der Waals surface area contributed by atoms with Crippen LogP contribution in [-0.4, -0.2) is 12.5 Å². The molecule has 0 bridgehead atoms. The Morgan fingerprint density at radius 1 is 1.73 bits per heavy atom. The van der Waals surface area contributed by atoms with E-state index in [1.165, 1.54) is 0 Å². The molecular formula is C9H17NO. The highest BCUT2D eigenvalue weighted by molar-refractivity contribution is 5.75. The van der Waals surface area contributed by atoms with Gasteiger partial charge in [-0.15, -0.1) is 6.58 Å². The van der Waals surface area contributed by atoms with Crippen LogP contribution in [0.3, 0.4) is 0 Å². The van der Waals surface area contributed by atoms with E-state index in [0.717, 1.165) is 13.0 Å². The molecule has 0 heterocycles. The first-order valence-corrected chi connectivity index (χ1v) is 4.10. The molecule has 0 aromatic rings. The standard InChI is InChI=1S/C9H17NO/c1-4-8(3)6-7-10-9(11)5-2/h4,8H,1,5-7H2,2-3H3,(H,10,11)/t8-/m1/s1. The largest absolute Gasteiger partial charge is 0.356 e. The maximum Gasteiger partial charge on any atom is 0.219 e. The summed E-state index contributed by atoms with van der Waals surface area (Å²) in [5.41, 5.74) is 0. The lowest BCUT2D eigenvalue weighted by atomic mass is 10.1. The Balaban J connectivity index is 3.26. The molecule has 0 aliphatic rings. The number of carbonyl (C=O) groups is 1. The zero-order chi connectivity index (χ0) is 8.69. The SMILES string of the molecule is C=C[C@@H](C)CCNC(=O)CC. The van der Waals surface area contributed by atoms with Gasteiger partial charge in [0.1, 0.15) is 0 Å². The van der Waals surface area contributed by atoms with Gasteiger partial charge in [0.2, 0.25) is 5.91 Å². The van der Waals surface area contributed by atoms with Crippen molar-refractivity contribution in [1.29, 1.82) is 0 Å². The third-order valence-corrected chi connectivity index (χ3v) is 1.65. The molecule has 1 amide bonds. The molecule has 11 heavy (non-hydrogen) atoms. The summed E-state index contributed by atoms with van der Waals surface area (Å²) in [5, 5.41) is 2.81. The van der Waals surface area contributed by atoms with Crippen molar-refractivity contribution in [3.8, 4) is 0 Å². The van der Waals surface area contributed by atoms with Crippen molar-refractivity contribution in [2.45, 2.75) is 26.7 Å². The third-order valence-electron chi connectivity index (χ3n) is 1.65. The summed E-state index contributed by atoms with van der Waals surface area (Å²) in [6.45, 7) is 8.37. The summed E-state index contributed by atoms with van der Waals surface area (Å²) in [4.78, 5) is 10.7. The fraction of sp³-hybridized carbons (Fsp3) is 0.667. The van der Waals surface area contributed by atoms with E-state index in [2.05, 4.69) is 18.8 Å². The van der Waals surface area contributed by atoms with Gasteiger partial charge < -0.3 is 5.32 Å². The van der Waals surface area contributed by atoms with Crippen molar-refractivity contribution >= 4 is 5.91 Å². The number of nitrogens with one attached hydrogen (secondary N) is 1. The highest BCUT2D eigenvalue weighted by atomic mass is 16.1. The van der Waals surface area contributed by atoms with Gasteiger partial charge >= 0.3 is 0 Å². The van der Waals surface area contributed by atoms with Crippen LogP contribution in [-0.2, 0) is 4.79 Å². The van der Waals surface area contributed by atoms with Crippen LogP contribution >= 0.6 is 0 Å².